The molecule has 0 bridgehead atoms. The van der Waals surface area contributed by atoms with E-state index in [1.165, 1.54) is 11.1 Å². The smallest absolute Gasteiger partial charge is 0.291 e. The molecule has 5 nitrogen and oxygen atoms in total. The number of carbonyl (C=O) groups is 1. The number of aryl methyl sites for hydroxylation is 1. The maximum atomic E-state index is 13.1. The minimum absolute atomic E-state index is 0.237. The summed E-state index contributed by atoms with van der Waals surface area (Å²) in [6.07, 6.45) is 2.03. The van der Waals surface area contributed by atoms with Crippen LogP contribution < -0.4 is 5.32 Å². The molecule has 1 amide bonds. The van der Waals surface area contributed by atoms with Gasteiger partial charge in [-0.05, 0) is 49.6 Å². The van der Waals surface area contributed by atoms with Gasteiger partial charge in [-0.1, -0.05) is 48.9 Å². The molecule has 162 valence electrons. The lowest BCUT2D eigenvalue weighted by Crippen LogP contribution is -2.31. The highest BCUT2D eigenvalue weighted by Gasteiger charge is 2.25. The van der Waals surface area contributed by atoms with Gasteiger partial charge >= 0.3 is 0 Å². The van der Waals surface area contributed by atoms with Gasteiger partial charge in [0.25, 0.3) is 5.91 Å². The van der Waals surface area contributed by atoms with E-state index < -0.39 is 0 Å². The predicted octanol–water partition coefficient (Wildman–Crippen LogP) is 5.38. The van der Waals surface area contributed by atoms with Crippen molar-refractivity contribution in [1.82, 2.24) is 14.5 Å². The summed E-state index contributed by atoms with van der Waals surface area (Å²) < 4.78 is 1.93. The molecular formula is C25H29ClN4O. The first-order valence-electron chi connectivity index (χ1n) is 10.8. The normalized spacial score (nSPS) is 13.8. The minimum atomic E-state index is -0.237. The molecule has 0 saturated heterocycles. The van der Waals surface area contributed by atoms with Gasteiger partial charge in [0, 0.05) is 37.8 Å². The van der Waals surface area contributed by atoms with Crippen molar-refractivity contribution < 1.29 is 4.79 Å². The van der Waals surface area contributed by atoms with E-state index in [-0.39, 0.29) is 5.91 Å². The Morgan fingerprint density at radius 2 is 1.90 bits per heavy atom. The Bertz CT molecular complexity index is 1130. The zero-order valence-electron chi connectivity index (χ0n) is 18.6. The van der Waals surface area contributed by atoms with Gasteiger partial charge in [-0.3, -0.25) is 9.69 Å². The molecule has 1 aliphatic heterocycles. The second kappa shape index (κ2) is 8.85. The van der Waals surface area contributed by atoms with Crippen LogP contribution in [-0.4, -0.2) is 33.4 Å². The number of nitrogens with zero attached hydrogens (tertiary/aromatic N) is 3. The number of amides is 1. The summed E-state index contributed by atoms with van der Waals surface area (Å²) in [5.41, 5.74) is 7.12. The number of hydrogen-bond donors (Lipinski definition) is 1. The average Bonchev–Trinajstić information content (AvgIpc) is 3.08. The molecule has 3 aromatic rings. The van der Waals surface area contributed by atoms with Crippen LogP contribution in [0.15, 0.2) is 36.4 Å². The van der Waals surface area contributed by atoms with Crippen LogP contribution in [0.1, 0.15) is 46.5 Å². The van der Waals surface area contributed by atoms with E-state index in [0.29, 0.717) is 16.5 Å². The van der Waals surface area contributed by atoms with Crippen LogP contribution in [-0.2, 0) is 20.0 Å². The van der Waals surface area contributed by atoms with E-state index in [1.54, 1.807) is 0 Å². The highest BCUT2D eigenvalue weighted by molar-refractivity contribution is 6.36. The van der Waals surface area contributed by atoms with E-state index in [4.69, 9.17) is 11.6 Å². The van der Waals surface area contributed by atoms with Gasteiger partial charge in [-0.2, -0.15) is 0 Å². The number of aromatic nitrogens is 2. The quantitative estimate of drug-likeness (QED) is 0.584. The van der Waals surface area contributed by atoms with Crippen LogP contribution in [0.4, 0.5) is 5.69 Å². The molecule has 0 unspecified atom stereocenters. The highest BCUT2D eigenvalue weighted by Crippen LogP contribution is 2.36. The summed E-state index contributed by atoms with van der Waals surface area (Å²) >= 11 is 6.75. The van der Waals surface area contributed by atoms with Crippen LogP contribution in [0, 0.1) is 13.8 Å². The number of hydrogen-bond acceptors (Lipinski definition) is 3. The molecule has 2 heterocycles. The molecule has 0 atom stereocenters. The van der Waals surface area contributed by atoms with E-state index in [2.05, 4.69) is 48.1 Å². The number of rotatable bonds is 5. The maximum absolute atomic E-state index is 13.1. The molecule has 6 heteroatoms. The number of benzene rings is 2. The van der Waals surface area contributed by atoms with Gasteiger partial charge < -0.3 is 9.88 Å². The Kier molecular flexibility index (Phi) is 6.17. The van der Waals surface area contributed by atoms with Crippen molar-refractivity contribution in [2.24, 2.45) is 7.05 Å². The Balaban J connectivity index is 1.61. The van der Waals surface area contributed by atoms with Crippen LogP contribution in [0.25, 0.3) is 11.1 Å². The third-order valence-corrected chi connectivity index (χ3v) is 6.63. The van der Waals surface area contributed by atoms with Crippen LogP contribution in [0.2, 0.25) is 5.02 Å². The zero-order valence-corrected chi connectivity index (χ0v) is 19.4. The minimum Gasteiger partial charge on any atom is -0.327 e. The number of fused-ring (bicyclic) bond motifs is 1. The molecule has 1 aromatic heterocycles. The molecule has 1 aliphatic rings. The second-order valence-electron chi connectivity index (χ2n) is 8.28. The topological polar surface area (TPSA) is 50.2 Å². The van der Waals surface area contributed by atoms with Crippen molar-refractivity contribution in [3.8, 4) is 11.1 Å². The highest BCUT2D eigenvalue weighted by atomic mass is 35.5. The van der Waals surface area contributed by atoms with Crippen molar-refractivity contribution in [3.05, 3.63) is 69.8 Å². The Morgan fingerprint density at radius 3 is 2.68 bits per heavy atom. The van der Waals surface area contributed by atoms with Crippen LogP contribution in [0.3, 0.4) is 0 Å². The van der Waals surface area contributed by atoms with Crippen molar-refractivity contribution in [2.75, 3.05) is 18.4 Å². The third-order valence-electron chi connectivity index (χ3n) is 6.22. The van der Waals surface area contributed by atoms with Crippen molar-refractivity contribution in [1.29, 1.82) is 0 Å². The first-order valence-corrected chi connectivity index (χ1v) is 11.2. The second-order valence-corrected chi connectivity index (χ2v) is 8.66. The summed E-state index contributed by atoms with van der Waals surface area (Å²) in [5.74, 6) is 0.190. The van der Waals surface area contributed by atoms with E-state index >= 15 is 0 Å². The number of imidazole rings is 1. The van der Waals surface area contributed by atoms with Gasteiger partial charge in [0.1, 0.15) is 0 Å². The first-order chi connectivity index (χ1) is 14.9. The lowest BCUT2D eigenvalue weighted by atomic mass is 9.97. The molecule has 0 aliphatic carbocycles. The Morgan fingerprint density at radius 1 is 1.16 bits per heavy atom. The fourth-order valence-electron chi connectivity index (χ4n) is 4.35. The SMILES string of the molecule is CCCN1CCc2c(nc(C(=O)Nc3cccc(-c4cccc(C)c4C)c3Cl)n2C)C1. The first kappa shape index (κ1) is 21.6. The summed E-state index contributed by atoms with van der Waals surface area (Å²) in [6.45, 7) is 9.22. The van der Waals surface area contributed by atoms with Gasteiger partial charge in [-0.25, -0.2) is 4.98 Å². The largest absolute Gasteiger partial charge is 0.327 e. The van der Waals surface area contributed by atoms with Gasteiger partial charge in [0.15, 0.2) is 5.82 Å². The van der Waals surface area contributed by atoms with E-state index in [1.807, 2.05) is 35.9 Å². The number of nitrogens with one attached hydrogen (secondary N) is 1. The third kappa shape index (κ3) is 4.12. The standard InChI is InChI=1S/C25H29ClN4O/c1-5-13-30-14-12-22-21(15-30)27-24(29(22)4)25(31)28-20-11-7-10-19(23(20)26)18-9-6-8-16(2)17(18)3/h6-11H,5,12-15H2,1-4H3,(H,28,31). The van der Waals surface area contributed by atoms with E-state index in [9.17, 15) is 4.79 Å². The van der Waals surface area contributed by atoms with Gasteiger partial charge in [-0.15, -0.1) is 0 Å². The maximum Gasteiger partial charge on any atom is 0.291 e. The molecular weight excluding hydrogens is 408 g/mol. The fourth-order valence-corrected chi connectivity index (χ4v) is 4.63. The summed E-state index contributed by atoms with van der Waals surface area (Å²) in [5, 5.41) is 3.53. The van der Waals surface area contributed by atoms with Gasteiger partial charge in [0.2, 0.25) is 0 Å². The predicted molar refractivity (Wildman–Crippen MR) is 127 cm³/mol. The van der Waals surface area contributed by atoms with Gasteiger partial charge in [0.05, 0.1) is 16.4 Å². The zero-order chi connectivity index (χ0) is 22.1. The molecule has 0 spiro atoms. The molecule has 0 saturated carbocycles. The number of halogens is 1. The Labute approximate surface area is 189 Å². The molecule has 0 radical (unpaired) electrons. The van der Waals surface area contributed by atoms with Crippen LogP contribution >= 0.6 is 11.6 Å². The molecule has 2 aromatic carbocycles. The Hall–Kier alpha value is -2.63. The monoisotopic (exact) mass is 436 g/mol. The summed E-state index contributed by atoms with van der Waals surface area (Å²) in [7, 11) is 1.92. The van der Waals surface area contributed by atoms with Crippen molar-refractivity contribution in [3.63, 3.8) is 0 Å². The molecule has 0 fully saturated rings. The van der Waals surface area contributed by atoms with Crippen molar-refractivity contribution in [2.45, 2.75) is 40.2 Å². The molecule has 4 rings (SSSR count). The summed E-state index contributed by atoms with van der Waals surface area (Å²) in [4.78, 5) is 20.2. The fraction of sp³-hybridized carbons (Fsp3) is 0.360. The summed E-state index contributed by atoms with van der Waals surface area (Å²) in [6, 6.07) is 11.9. The molecule has 31 heavy (non-hydrogen) atoms. The molecule has 1 N–H and O–H groups in total. The lowest BCUT2D eigenvalue weighted by molar-refractivity contribution is 0.101. The number of anilines is 1. The average molecular weight is 437 g/mol. The van der Waals surface area contributed by atoms with E-state index in [0.717, 1.165) is 55.0 Å². The lowest BCUT2D eigenvalue weighted by Gasteiger charge is -2.25. The number of carbonyl (C=O) groups excluding carboxylic acids is 1. The van der Waals surface area contributed by atoms with Crippen molar-refractivity contribution >= 4 is 23.2 Å². The van der Waals surface area contributed by atoms with Crippen LogP contribution in [0.5, 0.6) is 0 Å².